The molecule has 1 saturated heterocycles. The van der Waals surface area contributed by atoms with Gasteiger partial charge < -0.3 is 14.3 Å². The van der Waals surface area contributed by atoms with Crippen molar-refractivity contribution in [2.45, 2.75) is 13.5 Å². The Morgan fingerprint density at radius 3 is 2.56 bits per heavy atom. The Bertz CT molecular complexity index is 1250. The van der Waals surface area contributed by atoms with Crippen LogP contribution in [-0.4, -0.2) is 35.7 Å². The lowest BCUT2D eigenvalue weighted by molar-refractivity contribution is -0.147. The fourth-order valence-electron chi connectivity index (χ4n) is 4.32. The number of likely N-dealkylation sites (tertiary alicyclic amines) is 1. The Balaban J connectivity index is 1.47. The van der Waals surface area contributed by atoms with Gasteiger partial charge in [-0.3, -0.25) is 9.69 Å². The summed E-state index contributed by atoms with van der Waals surface area (Å²) >= 11 is 0. The largest absolute Gasteiger partial charge is 0.494 e. The van der Waals surface area contributed by atoms with E-state index in [9.17, 15) is 4.79 Å². The number of benzene rings is 3. The Labute approximate surface area is 186 Å². The molecule has 0 aliphatic carbocycles. The summed E-state index contributed by atoms with van der Waals surface area (Å²) in [4.78, 5) is 13.2. The van der Waals surface area contributed by atoms with Crippen molar-refractivity contribution in [1.82, 2.24) is 4.90 Å². The van der Waals surface area contributed by atoms with Gasteiger partial charge in [-0.25, -0.2) is 0 Å². The van der Waals surface area contributed by atoms with E-state index < -0.39 is 5.97 Å². The zero-order chi connectivity index (χ0) is 22.1. The van der Waals surface area contributed by atoms with Gasteiger partial charge in [-0.1, -0.05) is 54.6 Å². The Morgan fingerprint density at radius 1 is 1.03 bits per heavy atom. The molecule has 2 heterocycles. The number of hydrogen-bond acceptors (Lipinski definition) is 4. The van der Waals surface area contributed by atoms with Crippen LogP contribution in [0.1, 0.15) is 12.5 Å². The van der Waals surface area contributed by atoms with E-state index in [4.69, 9.17) is 14.3 Å². The first-order valence-electron chi connectivity index (χ1n) is 10.9. The molecule has 0 radical (unpaired) electrons. The lowest BCUT2D eigenvalue weighted by Gasteiger charge is -2.36. The molecule has 0 unspecified atom stereocenters. The molecule has 4 aromatic rings. The lowest BCUT2D eigenvalue weighted by Crippen LogP contribution is -2.49. The molecule has 5 rings (SSSR count). The highest BCUT2D eigenvalue weighted by molar-refractivity contribution is 6.01. The predicted molar refractivity (Wildman–Crippen MR) is 125 cm³/mol. The molecule has 0 saturated carbocycles. The van der Waals surface area contributed by atoms with E-state index in [-0.39, 0.29) is 5.92 Å². The normalized spacial score (nSPS) is 14.4. The van der Waals surface area contributed by atoms with Crippen molar-refractivity contribution >= 4 is 16.9 Å². The van der Waals surface area contributed by atoms with Crippen molar-refractivity contribution in [3.05, 3.63) is 78.4 Å². The summed E-state index contributed by atoms with van der Waals surface area (Å²) in [6, 6.07) is 24.5. The van der Waals surface area contributed by atoms with Crippen LogP contribution >= 0.6 is 0 Å². The van der Waals surface area contributed by atoms with Crippen molar-refractivity contribution in [1.29, 1.82) is 0 Å². The van der Waals surface area contributed by atoms with E-state index >= 15 is 0 Å². The van der Waals surface area contributed by atoms with Gasteiger partial charge in [0.25, 0.3) is 0 Å². The Morgan fingerprint density at radius 2 is 1.81 bits per heavy atom. The summed E-state index contributed by atoms with van der Waals surface area (Å²) in [6.45, 7) is 4.58. The zero-order valence-electron chi connectivity index (χ0n) is 18.0. The van der Waals surface area contributed by atoms with Gasteiger partial charge in [0.15, 0.2) is 0 Å². The van der Waals surface area contributed by atoms with E-state index in [0.717, 1.165) is 51.3 Å². The molecular formula is C27H25NO4. The second-order valence-corrected chi connectivity index (χ2v) is 8.19. The third-order valence-electron chi connectivity index (χ3n) is 5.96. The van der Waals surface area contributed by atoms with Gasteiger partial charge in [-0.15, -0.1) is 0 Å². The molecule has 1 fully saturated rings. The SMILES string of the molecule is CCOc1cccc(-c2c(-c3ccc(CN4CC(C(=O)O)C4)cc3)oc3ccccc23)c1. The van der Waals surface area contributed by atoms with E-state index in [1.165, 1.54) is 0 Å². The molecule has 5 heteroatoms. The van der Waals surface area contributed by atoms with Gasteiger partial charge in [0.05, 0.1) is 12.5 Å². The monoisotopic (exact) mass is 427 g/mol. The first-order valence-corrected chi connectivity index (χ1v) is 10.9. The number of fused-ring (bicyclic) bond motifs is 1. The molecule has 1 aromatic heterocycles. The fourth-order valence-corrected chi connectivity index (χ4v) is 4.32. The third kappa shape index (κ3) is 3.87. The van der Waals surface area contributed by atoms with E-state index in [0.29, 0.717) is 19.7 Å². The first-order chi connectivity index (χ1) is 15.6. The minimum absolute atomic E-state index is 0.236. The fraction of sp³-hybridized carbons (Fsp3) is 0.222. The number of nitrogens with zero attached hydrogens (tertiary/aromatic N) is 1. The second-order valence-electron chi connectivity index (χ2n) is 8.19. The number of ether oxygens (including phenoxy) is 1. The van der Waals surface area contributed by atoms with Crippen LogP contribution in [0.5, 0.6) is 5.75 Å². The number of aliphatic carboxylic acids is 1. The van der Waals surface area contributed by atoms with Gasteiger partial charge in [0.1, 0.15) is 17.1 Å². The molecule has 3 aromatic carbocycles. The maximum absolute atomic E-state index is 11.0. The highest BCUT2D eigenvalue weighted by atomic mass is 16.5. The first kappa shape index (κ1) is 20.3. The summed E-state index contributed by atoms with van der Waals surface area (Å²) < 4.78 is 12.0. The minimum atomic E-state index is -0.706. The molecular weight excluding hydrogens is 402 g/mol. The zero-order valence-corrected chi connectivity index (χ0v) is 18.0. The second kappa shape index (κ2) is 8.52. The van der Waals surface area contributed by atoms with Gasteiger partial charge in [0, 0.05) is 36.1 Å². The van der Waals surface area contributed by atoms with Crippen molar-refractivity contribution in [3.8, 4) is 28.2 Å². The van der Waals surface area contributed by atoms with Crippen molar-refractivity contribution in [2.24, 2.45) is 5.92 Å². The molecule has 1 N–H and O–H groups in total. The lowest BCUT2D eigenvalue weighted by atomic mass is 9.97. The number of hydrogen-bond donors (Lipinski definition) is 1. The molecule has 0 spiro atoms. The Hall–Kier alpha value is -3.57. The van der Waals surface area contributed by atoms with Crippen LogP contribution in [0, 0.1) is 5.92 Å². The van der Waals surface area contributed by atoms with Crippen LogP contribution in [0.25, 0.3) is 33.4 Å². The number of furan rings is 1. The molecule has 5 nitrogen and oxygen atoms in total. The van der Waals surface area contributed by atoms with Crippen LogP contribution in [0.3, 0.4) is 0 Å². The summed E-state index contributed by atoms with van der Waals surface area (Å²) in [6.07, 6.45) is 0. The number of carboxylic acid groups (broad SMARTS) is 1. The standard InChI is InChI=1S/C27H25NO4/c1-2-31-22-7-5-6-20(14-22)25-23-8-3-4-9-24(23)32-26(25)19-12-10-18(11-13-19)15-28-16-21(17-28)27(29)30/h3-14,21H,2,15-17H2,1H3,(H,29,30). The topological polar surface area (TPSA) is 62.9 Å². The molecule has 1 aliphatic rings. The van der Waals surface area contributed by atoms with E-state index in [1.807, 2.05) is 37.3 Å². The molecule has 0 atom stereocenters. The van der Waals surface area contributed by atoms with Crippen LogP contribution < -0.4 is 4.74 Å². The molecule has 162 valence electrons. The highest BCUT2D eigenvalue weighted by Crippen LogP contribution is 2.41. The van der Waals surface area contributed by atoms with Crippen molar-refractivity contribution in [2.75, 3.05) is 19.7 Å². The van der Waals surface area contributed by atoms with Crippen molar-refractivity contribution < 1.29 is 19.1 Å². The number of carboxylic acids is 1. The summed E-state index contributed by atoms with van der Waals surface area (Å²) in [5, 5.41) is 10.1. The maximum Gasteiger partial charge on any atom is 0.309 e. The molecule has 1 aliphatic heterocycles. The molecule has 0 bridgehead atoms. The molecule has 0 amide bonds. The Kier molecular flexibility index (Phi) is 5.41. The average molecular weight is 428 g/mol. The van der Waals surface area contributed by atoms with Gasteiger partial charge in [-0.05, 0) is 36.2 Å². The van der Waals surface area contributed by atoms with Gasteiger partial charge >= 0.3 is 5.97 Å². The van der Waals surface area contributed by atoms with Gasteiger partial charge in [-0.2, -0.15) is 0 Å². The number of carbonyl (C=O) groups is 1. The summed E-state index contributed by atoms with van der Waals surface area (Å²) in [5.41, 5.74) is 5.13. The van der Waals surface area contributed by atoms with Gasteiger partial charge in [0.2, 0.25) is 0 Å². The minimum Gasteiger partial charge on any atom is -0.494 e. The van der Waals surface area contributed by atoms with E-state index in [1.54, 1.807) is 0 Å². The summed E-state index contributed by atoms with van der Waals surface area (Å²) in [7, 11) is 0. The summed E-state index contributed by atoms with van der Waals surface area (Å²) in [5.74, 6) is 0.731. The van der Waals surface area contributed by atoms with Crippen LogP contribution in [0.4, 0.5) is 0 Å². The smallest absolute Gasteiger partial charge is 0.309 e. The predicted octanol–water partition coefficient (Wildman–Crippen LogP) is 5.68. The van der Waals surface area contributed by atoms with Crippen LogP contribution in [0.2, 0.25) is 0 Å². The number of rotatable bonds is 7. The third-order valence-corrected chi connectivity index (χ3v) is 5.96. The van der Waals surface area contributed by atoms with Crippen LogP contribution in [-0.2, 0) is 11.3 Å². The highest BCUT2D eigenvalue weighted by Gasteiger charge is 2.32. The van der Waals surface area contributed by atoms with Crippen LogP contribution in [0.15, 0.2) is 77.2 Å². The quantitative estimate of drug-likeness (QED) is 0.411. The number of para-hydroxylation sites is 1. The molecule has 32 heavy (non-hydrogen) atoms. The average Bonchev–Trinajstić information content (AvgIpc) is 3.16. The van der Waals surface area contributed by atoms with Crippen molar-refractivity contribution in [3.63, 3.8) is 0 Å². The van der Waals surface area contributed by atoms with E-state index in [2.05, 4.69) is 47.4 Å². The maximum atomic E-state index is 11.0.